The van der Waals surface area contributed by atoms with Crippen molar-refractivity contribution in [3.05, 3.63) is 46.2 Å². The maximum atomic E-state index is 12.4. The number of nitrogens with one attached hydrogen (secondary N) is 2. The molecule has 2 heterocycles. The summed E-state index contributed by atoms with van der Waals surface area (Å²) in [5, 5.41) is 3.90. The third-order valence-corrected chi connectivity index (χ3v) is 5.19. The summed E-state index contributed by atoms with van der Waals surface area (Å²) in [7, 11) is 0. The fourth-order valence-electron chi connectivity index (χ4n) is 1.81. The van der Waals surface area contributed by atoms with Crippen molar-refractivity contribution < 1.29 is 4.79 Å². The number of nitrogens with two attached hydrogens (primary N) is 1. The van der Waals surface area contributed by atoms with Crippen LogP contribution in [0.15, 0.2) is 40.6 Å². The third-order valence-electron chi connectivity index (χ3n) is 2.92. The van der Waals surface area contributed by atoms with E-state index in [1.54, 1.807) is 31.5 Å². The molecule has 0 fully saturated rings. The number of halogens is 1. The van der Waals surface area contributed by atoms with Gasteiger partial charge in [-0.2, -0.15) is 0 Å². The number of hydrogen-bond donors (Lipinski definition) is 3. The maximum Gasteiger partial charge on any atom is 0.259 e. The molecular weight excluding hydrogens is 354 g/mol. The van der Waals surface area contributed by atoms with E-state index < -0.39 is 0 Å². The SMILES string of the molecule is Cc1nc(NC(=O)c2cc(Sc3ncc[nH]3)ccc2N)sc1Cl. The largest absolute Gasteiger partial charge is 0.398 e. The lowest BCUT2D eigenvalue weighted by Crippen LogP contribution is -2.14. The quantitative estimate of drug-likeness (QED) is 0.611. The Bertz CT molecular complexity index is 827. The van der Waals surface area contributed by atoms with Crippen LogP contribution in [0.25, 0.3) is 0 Å². The zero-order valence-corrected chi connectivity index (χ0v) is 14.4. The molecule has 0 aliphatic heterocycles. The molecule has 23 heavy (non-hydrogen) atoms. The smallest absolute Gasteiger partial charge is 0.259 e. The zero-order valence-electron chi connectivity index (χ0n) is 12.0. The predicted octanol–water partition coefficient (Wildman–Crippen LogP) is 3.81. The van der Waals surface area contributed by atoms with Gasteiger partial charge in [-0.3, -0.25) is 10.1 Å². The first-order chi connectivity index (χ1) is 11.0. The first-order valence-corrected chi connectivity index (χ1v) is 8.55. The number of hydrogen-bond acceptors (Lipinski definition) is 6. The van der Waals surface area contributed by atoms with Gasteiger partial charge in [-0.15, -0.1) is 0 Å². The van der Waals surface area contributed by atoms with Crippen molar-refractivity contribution in [3.63, 3.8) is 0 Å². The summed E-state index contributed by atoms with van der Waals surface area (Å²) < 4.78 is 0.551. The number of aromatic amines is 1. The van der Waals surface area contributed by atoms with Crippen LogP contribution in [0, 0.1) is 6.92 Å². The minimum absolute atomic E-state index is 0.324. The van der Waals surface area contributed by atoms with Crippen LogP contribution < -0.4 is 11.1 Å². The number of aromatic nitrogens is 3. The summed E-state index contributed by atoms with van der Waals surface area (Å²) in [6, 6.07) is 5.25. The lowest BCUT2D eigenvalue weighted by molar-refractivity contribution is 0.102. The summed E-state index contributed by atoms with van der Waals surface area (Å²) >= 11 is 8.58. The zero-order chi connectivity index (χ0) is 16.4. The summed E-state index contributed by atoms with van der Waals surface area (Å²) in [5.74, 6) is -0.324. The number of rotatable bonds is 4. The number of H-pyrrole nitrogens is 1. The Morgan fingerprint density at radius 1 is 1.48 bits per heavy atom. The van der Waals surface area contributed by atoms with E-state index in [9.17, 15) is 4.79 Å². The van der Waals surface area contributed by atoms with Gasteiger partial charge in [0.2, 0.25) is 0 Å². The Balaban J connectivity index is 1.81. The number of amides is 1. The van der Waals surface area contributed by atoms with Crippen molar-refractivity contribution in [1.82, 2.24) is 15.0 Å². The van der Waals surface area contributed by atoms with Crippen molar-refractivity contribution in [2.45, 2.75) is 17.0 Å². The summed E-state index contributed by atoms with van der Waals surface area (Å²) in [5.41, 5.74) is 7.37. The normalized spacial score (nSPS) is 10.7. The van der Waals surface area contributed by atoms with Gasteiger partial charge in [-0.25, -0.2) is 9.97 Å². The first kappa shape index (κ1) is 15.9. The maximum absolute atomic E-state index is 12.4. The number of thiazole rings is 1. The highest BCUT2D eigenvalue weighted by atomic mass is 35.5. The highest BCUT2D eigenvalue weighted by Gasteiger charge is 2.14. The number of carbonyl (C=O) groups excluding carboxylic acids is 1. The van der Waals surface area contributed by atoms with Crippen LogP contribution in [0.5, 0.6) is 0 Å². The number of aryl methyl sites for hydroxylation is 1. The molecule has 2 aromatic heterocycles. The molecule has 0 radical (unpaired) electrons. The van der Waals surface area contributed by atoms with Gasteiger partial charge in [0, 0.05) is 23.0 Å². The lowest BCUT2D eigenvalue weighted by atomic mass is 10.1. The average Bonchev–Trinajstić information content (AvgIpc) is 3.11. The number of imidazole rings is 1. The Morgan fingerprint density at radius 3 is 2.96 bits per heavy atom. The Morgan fingerprint density at radius 2 is 2.30 bits per heavy atom. The highest BCUT2D eigenvalue weighted by Crippen LogP contribution is 2.30. The van der Waals surface area contributed by atoms with Crippen molar-refractivity contribution >= 4 is 51.4 Å². The van der Waals surface area contributed by atoms with Crippen LogP contribution in [0.3, 0.4) is 0 Å². The second kappa shape index (κ2) is 6.61. The predicted molar refractivity (Wildman–Crippen MR) is 93.4 cm³/mol. The van der Waals surface area contributed by atoms with E-state index in [-0.39, 0.29) is 5.91 Å². The van der Waals surface area contributed by atoms with Gasteiger partial charge in [0.15, 0.2) is 10.3 Å². The number of nitrogen functional groups attached to an aromatic ring is 1. The van der Waals surface area contributed by atoms with E-state index in [4.69, 9.17) is 17.3 Å². The van der Waals surface area contributed by atoms with Crippen LogP contribution in [-0.2, 0) is 0 Å². The molecule has 9 heteroatoms. The van der Waals surface area contributed by atoms with Crippen molar-refractivity contribution in [3.8, 4) is 0 Å². The fourth-order valence-corrected chi connectivity index (χ4v) is 3.54. The third kappa shape index (κ3) is 3.66. The summed E-state index contributed by atoms with van der Waals surface area (Å²) in [6.07, 6.45) is 3.41. The fraction of sp³-hybridized carbons (Fsp3) is 0.0714. The van der Waals surface area contributed by atoms with Gasteiger partial charge in [0.1, 0.15) is 4.34 Å². The average molecular weight is 366 g/mol. The number of nitrogens with zero attached hydrogens (tertiary/aromatic N) is 2. The van der Waals surface area contributed by atoms with E-state index in [0.29, 0.717) is 26.4 Å². The van der Waals surface area contributed by atoms with Crippen LogP contribution in [-0.4, -0.2) is 20.9 Å². The molecule has 3 aromatic rings. The Labute approximate surface area is 145 Å². The van der Waals surface area contributed by atoms with E-state index in [0.717, 1.165) is 10.1 Å². The van der Waals surface area contributed by atoms with E-state index in [1.165, 1.54) is 23.1 Å². The van der Waals surface area contributed by atoms with Crippen LogP contribution >= 0.6 is 34.7 Å². The molecule has 1 aromatic carbocycles. The second-order valence-corrected chi connectivity index (χ2v) is 7.24. The van der Waals surface area contributed by atoms with Crippen molar-refractivity contribution in [2.24, 2.45) is 0 Å². The molecule has 4 N–H and O–H groups in total. The van der Waals surface area contributed by atoms with Crippen LogP contribution in [0.4, 0.5) is 10.8 Å². The Hall–Kier alpha value is -2.03. The van der Waals surface area contributed by atoms with Gasteiger partial charge < -0.3 is 10.7 Å². The molecule has 6 nitrogen and oxygen atoms in total. The topological polar surface area (TPSA) is 96.7 Å². The van der Waals surface area contributed by atoms with Crippen LogP contribution in [0.2, 0.25) is 4.34 Å². The molecule has 0 unspecified atom stereocenters. The summed E-state index contributed by atoms with van der Waals surface area (Å²) in [6.45, 7) is 1.78. The number of benzene rings is 1. The summed E-state index contributed by atoms with van der Waals surface area (Å²) in [4.78, 5) is 24.6. The monoisotopic (exact) mass is 365 g/mol. The lowest BCUT2D eigenvalue weighted by Gasteiger charge is -2.07. The standard InChI is InChI=1S/C14H12ClN5OS2/c1-7-11(15)23-14(19-7)20-12(21)9-6-8(2-3-10(9)16)22-13-17-4-5-18-13/h2-6H,16H2,1H3,(H,17,18)(H,19,20,21). The number of carbonyl (C=O) groups is 1. The van der Waals surface area contributed by atoms with Gasteiger partial charge in [0.25, 0.3) is 5.91 Å². The Kier molecular flexibility index (Phi) is 4.56. The first-order valence-electron chi connectivity index (χ1n) is 6.54. The molecular formula is C14H12ClN5OS2. The van der Waals surface area contributed by atoms with Crippen molar-refractivity contribution in [1.29, 1.82) is 0 Å². The molecule has 118 valence electrons. The molecule has 0 saturated carbocycles. The van der Waals surface area contributed by atoms with Gasteiger partial charge >= 0.3 is 0 Å². The molecule has 0 atom stereocenters. The van der Waals surface area contributed by atoms with E-state index in [1.807, 2.05) is 6.07 Å². The molecule has 3 rings (SSSR count). The van der Waals surface area contributed by atoms with Gasteiger partial charge in [-0.1, -0.05) is 34.7 Å². The highest BCUT2D eigenvalue weighted by molar-refractivity contribution is 7.99. The molecule has 0 aliphatic carbocycles. The molecule has 0 spiro atoms. The minimum atomic E-state index is -0.324. The van der Waals surface area contributed by atoms with E-state index in [2.05, 4.69) is 20.3 Å². The molecule has 0 bridgehead atoms. The molecule has 0 saturated heterocycles. The van der Waals surface area contributed by atoms with E-state index >= 15 is 0 Å². The minimum Gasteiger partial charge on any atom is -0.398 e. The number of anilines is 2. The van der Waals surface area contributed by atoms with Crippen LogP contribution in [0.1, 0.15) is 16.1 Å². The van der Waals surface area contributed by atoms with Gasteiger partial charge in [-0.05, 0) is 25.1 Å². The second-order valence-electron chi connectivity index (χ2n) is 4.58. The molecule has 1 amide bonds. The van der Waals surface area contributed by atoms with Gasteiger partial charge in [0.05, 0.1) is 11.3 Å². The van der Waals surface area contributed by atoms with Crippen molar-refractivity contribution in [2.75, 3.05) is 11.1 Å². The molecule has 0 aliphatic rings.